The van der Waals surface area contributed by atoms with Crippen LogP contribution in [0.4, 0.5) is 19.1 Å². The molecule has 2 aromatic heterocycles. The number of hydrogen-bond donors (Lipinski definition) is 1. The Hall–Kier alpha value is -3.36. The molecule has 3 heterocycles. The molecule has 1 aliphatic heterocycles. The van der Waals surface area contributed by atoms with Crippen molar-refractivity contribution in [2.24, 2.45) is 0 Å². The fourth-order valence-corrected chi connectivity index (χ4v) is 4.00. The fraction of sp³-hybridized carbons (Fsp3) is 0.650. The summed E-state index contributed by atoms with van der Waals surface area (Å²) in [6.07, 6.45) is -11.5. The molecule has 0 bridgehead atoms. The summed E-state index contributed by atoms with van der Waals surface area (Å²) in [4.78, 5) is 44.6. The Morgan fingerprint density at radius 2 is 1.94 bits per heavy atom. The second-order valence-corrected chi connectivity index (χ2v) is 7.94. The second kappa shape index (κ2) is 10.1. The van der Waals surface area contributed by atoms with Crippen molar-refractivity contribution in [1.29, 1.82) is 0 Å². The lowest BCUT2D eigenvalue weighted by Crippen LogP contribution is -2.43. The summed E-state index contributed by atoms with van der Waals surface area (Å²) in [5, 5.41) is 0. The van der Waals surface area contributed by atoms with Crippen LogP contribution in [0.15, 0.2) is 4.79 Å². The van der Waals surface area contributed by atoms with Crippen molar-refractivity contribution in [2.75, 3.05) is 12.8 Å². The van der Waals surface area contributed by atoms with E-state index in [4.69, 9.17) is 19.9 Å². The SMILES string of the molecule is CCCCn1c(=O)n([C@@H]2O[C@H](C(OC(C)=O)C(F)(F)F)C[C@H]2OC(C)=O)c2nc(N)nc(OC)c21. The molecule has 3 rings (SSSR count). The maximum atomic E-state index is 13.7. The van der Waals surface area contributed by atoms with Gasteiger partial charge in [0.05, 0.1) is 7.11 Å². The first kappa shape index (κ1) is 26.2. The van der Waals surface area contributed by atoms with Gasteiger partial charge in [-0.05, 0) is 6.42 Å². The van der Waals surface area contributed by atoms with E-state index in [0.29, 0.717) is 6.42 Å². The van der Waals surface area contributed by atoms with Crippen molar-refractivity contribution in [1.82, 2.24) is 19.1 Å². The number of esters is 2. The predicted molar refractivity (Wildman–Crippen MR) is 113 cm³/mol. The highest BCUT2D eigenvalue weighted by atomic mass is 19.4. The molecule has 0 amide bonds. The van der Waals surface area contributed by atoms with Crippen molar-refractivity contribution in [3.8, 4) is 5.88 Å². The zero-order valence-electron chi connectivity index (χ0n) is 19.5. The molecule has 1 fully saturated rings. The molecule has 12 nitrogen and oxygen atoms in total. The third kappa shape index (κ3) is 5.33. The molecule has 2 aromatic rings. The zero-order chi connectivity index (χ0) is 26.1. The number of ether oxygens (including phenoxy) is 4. The molecule has 2 N–H and O–H groups in total. The first-order chi connectivity index (χ1) is 16.4. The van der Waals surface area contributed by atoms with Crippen LogP contribution in [0.5, 0.6) is 5.88 Å². The smallest absolute Gasteiger partial charge is 0.428 e. The van der Waals surface area contributed by atoms with Gasteiger partial charge in [0.1, 0.15) is 12.2 Å². The van der Waals surface area contributed by atoms with Crippen LogP contribution in [0.2, 0.25) is 0 Å². The van der Waals surface area contributed by atoms with Crippen LogP contribution < -0.4 is 16.2 Å². The molecule has 1 saturated heterocycles. The van der Waals surface area contributed by atoms with E-state index in [0.717, 1.165) is 24.8 Å². The Morgan fingerprint density at radius 1 is 1.26 bits per heavy atom. The molecule has 1 aliphatic rings. The molecule has 0 spiro atoms. The number of halogens is 3. The van der Waals surface area contributed by atoms with E-state index in [2.05, 4.69) is 14.7 Å². The molecule has 194 valence electrons. The third-order valence-corrected chi connectivity index (χ3v) is 5.34. The van der Waals surface area contributed by atoms with Gasteiger partial charge in [0, 0.05) is 26.8 Å². The van der Waals surface area contributed by atoms with E-state index >= 15 is 0 Å². The maximum absolute atomic E-state index is 13.7. The first-order valence-electron chi connectivity index (χ1n) is 10.8. The summed E-state index contributed by atoms with van der Waals surface area (Å²) >= 11 is 0. The van der Waals surface area contributed by atoms with Crippen LogP contribution in [0, 0.1) is 0 Å². The molecule has 0 aliphatic carbocycles. The van der Waals surface area contributed by atoms with Gasteiger partial charge in [-0.15, -0.1) is 0 Å². The summed E-state index contributed by atoms with van der Waals surface area (Å²) in [5.74, 6) is -2.27. The maximum Gasteiger partial charge on any atom is 0.428 e. The van der Waals surface area contributed by atoms with Crippen LogP contribution in [-0.4, -0.2) is 62.6 Å². The number of fused-ring (bicyclic) bond motifs is 1. The number of aryl methyl sites for hydroxylation is 1. The minimum atomic E-state index is -4.98. The van der Waals surface area contributed by atoms with E-state index in [-0.39, 0.29) is 29.5 Å². The second-order valence-electron chi connectivity index (χ2n) is 7.94. The monoisotopic (exact) mass is 505 g/mol. The van der Waals surface area contributed by atoms with Gasteiger partial charge < -0.3 is 24.7 Å². The van der Waals surface area contributed by atoms with Crippen LogP contribution in [0.3, 0.4) is 0 Å². The van der Waals surface area contributed by atoms with Crippen LogP contribution >= 0.6 is 0 Å². The average molecular weight is 505 g/mol. The van der Waals surface area contributed by atoms with Gasteiger partial charge in [0.25, 0.3) is 0 Å². The van der Waals surface area contributed by atoms with Crippen LogP contribution in [-0.2, 0) is 30.3 Å². The first-order valence-corrected chi connectivity index (χ1v) is 10.8. The largest absolute Gasteiger partial charge is 0.479 e. The number of methoxy groups -OCH3 is 1. The number of aromatic nitrogens is 4. The van der Waals surface area contributed by atoms with E-state index in [1.54, 1.807) is 0 Å². The molecule has 0 saturated carbocycles. The van der Waals surface area contributed by atoms with Gasteiger partial charge in [-0.1, -0.05) is 13.3 Å². The summed E-state index contributed by atoms with van der Waals surface area (Å²) in [5.41, 5.74) is 5.15. The summed E-state index contributed by atoms with van der Waals surface area (Å²) < 4.78 is 63.9. The number of nitrogens with two attached hydrogens (primary N) is 1. The van der Waals surface area contributed by atoms with Gasteiger partial charge in [-0.3, -0.25) is 14.2 Å². The van der Waals surface area contributed by atoms with Crippen LogP contribution in [0.1, 0.15) is 46.3 Å². The number of unbranched alkanes of at least 4 members (excludes halogenated alkanes) is 1. The summed E-state index contributed by atoms with van der Waals surface area (Å²) in [7, 11) is 1.31. The predicted octanol–water partition coefficient (Wildman–Crippen LogP) is 1.70. The summed E-state index contributed by atoms with van der Waals surface area (Å²) in [6, 6.07) is 0. The molecular formula is C20H26F3N5O7. The molecule has 0 aromatic carbocycles. The number of imidazole rings is 1. The van der Waals surface area contributed by atoms with E-state index in [9.17, 15) is 27.6 Å². The molecule has 0 radical (unpaired) electrons. The highest BCUT2D eigenvalue weighted by Crippen LogP contribution is 2.40. The van der Waals surface area contributed by atoms with E-state index < -0.39 is 54.8 Å². The minimum Gasteiger partial charge on any atom is -0.479 e. The number of carbonyl (C=O) groups excluding carboxylic acids is 2. The minimum absolute atomic E-state index is 0.0221. The van der Waals surface area contributed by atoms with Crippen molar-refractivity contribution in [3.05, 3.63) is 10.5 Å². The Morgan fingerprint density at radius 3 is 2.49 bits per heavy atom. The molecule has 1 unspecified atom stereocenters. The third-order valence-electron chi connectivity index (χ3n) is 5.34. The number of rotatable bonds is 8. The molecule has 4 atom stereocenters. The number of nitrogen functional groups attached to an aromatic ring is 1. The van der Waals surface area contributed by atoms with Gasteiger partial charge in [0.15, 0.2) is 17.4 Å². The van der Waals surface area contributed by atoms with Crippen molar-refractivity contribution < 1.29 is 41.7 Å². The van der Waals surface area contributed by atoms with Gasteiger partial charge in [-0.2, -0.15) is 23.1 Å². The number of anilines is 1. The standard InChI is InChI=1S/C20H26F3N5O7/c1-5-6-7-27-13-15(25-18(24)26-16(13)32-4)28(19(27)31)17-12(33-9(2)29)8-11(35-17)14(20(21,22)23)34-10(3)30/h11-12,14,17H,5-8H2,1-4H3,(H2,24,25,26)/t11-,12+,14?,17+/m0/s1. The molecule has 15 heteroatoms. The zero-order valence-corrected chi connectivity index (χ0v) is 19.5. The normalized spacial score (nSPS) is 21.2. The Bertz CT molecular complexity index is 1160. The Kier molecular flexibility index (Phi) is 7.57. The van der Waals surface area contributed by atoms with E-state index in [1.807, 2.05) is 6.92 Å². The van der Waals surface area contributed by atoms with E-state index in [1.165, 1.54) is 11.7 Å². The number of hydrogen-bond acceptors (Lipinski definition) is 10. The van der Waals surface area contributed by atoms with Gasteiger partial charge in [-0.25, -0.2) is 9.36 Å². The lowest BCUT2D eigenvalue weighted by molar-refractivity contribution is -0.248. The summed E-state index contributed by atoms with van der Waals surface area (Å²) in [6.45, 7) is 4.01. The van der Waals surface area contributed by atoms with Crippen molar-refractivity contribution in [2.45, 2.75) is 77.3 Å². The number of carbonyl (C=O) groups is 2. The Labute approximate surface area is 197 Å². The number of nitrogens with zero attached hydrogens (tertiary/aromatic N) is 4. The van der Waals surface area contributed by atoms with Gasteiger partial charge >= 0.3 is 23.8 Å². The quantitative estimate of drug-likeness (QED) is 0.525. The number of alkyl halides is 3. The average Bonchev–Trinajstić information content (AvgIpc) is 3.25. The van der Waals surface area contributed by atoms with Crippen molar-refractivity contribution in [3.63, 3.8) is 0 Å². The molecular weight excluding hydrogens is 479 g/mol. The fourth-order valence-electron chi connectivity index (χ4n) is 4.00. The topological polar surface area (TPSA) is 150 Å². The molecule has 35 heavy (non-hydrogen) atoms. The van der Waals surface area contributed by atoms with Crippen molar-refractivity contribution >= 4 is 29.1 Å². The lowest BCUT2D eigenvalue weighted by Gasteiger charge is -2.25. The lowest BCUT2D eigenvalue weighted by atomic mass is 10.1. The van der Waals surface area contributed by atoms with Gasteiger partial charge in [0.2, 0.25) is 17.9 Å². The highest BCUT2D eigenvalue weighted by molar-refractivity contribution is 5.78. The highest BCUT2D eigenvalue weighted by Gasteiger charge is 2.54. The Balaban J connectivity index is 2.19. The van der Waals surface area contributed by atoms with Crippen LogP contribution in [0.25, 0.3) is 11.2 Å².